The second kappa shape index (κ2) is 8.09. The highest BCUT2D eigenvalue weighted by molar-refractivity contribution is 5.50. The van der Waals surface area contributed by atoms with E-state index in [9.17, 15) is 10.2 Å². The van der Waals surface area contributed by atoms with Gasteiger partial charge in [-0.3, -0.25) is 4.90 Å². The lowest BCUT2D eigenvalue weighted by molar-refractivity contribution is 0.122. The Hall–Kier alpha value is -1.44. The van der Waals surface area contributed by atoms with Crippen LogP contribution in [0.5, 0.6) is 0 Å². The summed E-state index contributed by atoms with van der Waals surface area (Å²) in [5.41, 5.74) is 0. The molecule has 0 spiro atoms. The van der Waals surface area contributed by atoms with Gasteiger partial charge in [0, 0.05) is 58.5 Å². The van der Waals surface area contributed by atoms with Crippen molar-refractivity contribution in [1.82, 2.24) is 14.9 Å². The molecule has 2 N–H and O–H groups in total. The molecule has 2 aliphatic rings. The van der Waals surface area contributed by atoms with Crippen LogP contribution < -0.4 is 9.80 Å². The Morgan fingerprint density at radius 2 is 1.83 bits per heavy atom. The maximum Gasteiger partial charge on any atom is 0.134 e. The number of anilines is 2. The van der Waals surface area contributed by atoms with E-state index in [1.165, 1.54) is 0 Å². The number of rotatable bonds is 5. The van der Waals surface area contributed by atoms with Gasteiger partial charge in [0.2, 0.25) is 0 Å². The fraction of sp³-hybridized carbons (Fsp3) is 0.765. The molecule has 2 saturated heterocycles. The van der Waals surface area contributed by atoms with Gasteiger partial charge in [-0.1, -0.05) is 0 Å². The van der Waals surface area contributed by atoms with Crippen LogP contribution in [0.2, 0.25) is 0 Å². The predicted molar refractivity (Wildman–Crippen MR) is 94.4 cm³/mol. The van der Waals surface area contributed by atoms with Crippen LogP contribution in [-0.4, -0.2) is 83.6 Å². The number of aromatic nitrogens is 2. The number of piperazine rings is 1. The quantitative estimate of drug-likeness (QED) is 0.795. The zero-order valence-electron chi connectivity index (χ0n) is 14.5. The number of β-amino-alcohol motifs (C(OH)–C–C–N with tert-alkyl or cyclic N) is 1. The highest BCUT2D eigenvalue weighted by Crippen LogP contribution is 2.24. The topological polar surface area (TPSA) is 76.0 Å². The summed E-state index contributed by atoms with van der Waals surface area (Å²) in [5, 5.41) is 18.9. The molecule has 0 aliphatic carbocycles. The molecule has 2 aliphatic heterocycles. The van der Waals surface area contributed by atoms with Crippen molar-refractivity contribution >= 4 is 11.6 Å². The first-order valence-corrected chi connectivity index (χ1v) is 8.99. The summed E-state index contributed by atoms with van der Waals surface area (Å²) < 4.78 is 0. The summed E-state index contributed by atoms with van der Waals surface area (Å²) in [7, 11) is 0. The molecule has 3 heterocycles. The Morgan fingerprint density at radius 3 is 2.50 bits per heavy atom. The molecule has 0 bridgehead atoms. The third kappa shape index (κ3) is 4.34. The Balaban J connectivity index is 1.61. The van der Waals surface area contributed by atoms with Crippen LogP contribution in [0, 0.1) is 5.92 Å². The molecule has 0 radical (unpaired) electrons. The molecule has 3 rings (SSSR count). The summed E-state index contributed by atoms with van der Waals surface area (Å²) in [6, 6.07) is 2.07. The summed E-state index contributed by atoms with van der Waals surface area (Å²) in [4.78, 5) is 15.7. The smallest absolute Gasteiger partial charge is 0.134 e. The Labute approximate surface area is 143 Å². The van der Waals surface area contributed by atoms with Crippen molar-refractivity contribution in [3.8, 4) is 0 Å². The fourth-order valence-corrected chi connectivity index (χ4v) is 3.64. The number of hydrogen-bond acceptors (Lipinski definition) is 7. The molecule has 1 aromatic rings. The standard InChI is InChI=1S/C17H29N5O2/c1-14(24)10-20-5-7-21(8-6-20)16-9-17(19-13-18-16)22-4-2-3-15(11-22)12-23/h9,13-15,23-24H,2-8,10-12H2,1H3/t14-,15?/m1/s1. The van der Waals surface area contributed by atoms with E-state index in [0.29, 0.717) is 5.92 Å². The molecule has 0 saturated carbocycles. The van der Waals surface area contributed by atoms with Gasteiger partial charge < -0.3 is 20.0 Å². The second-order valence-corrected chi connectivity index (χ2v) is 7.01. The van der Waals surface area contributed by atoms with Crippen LogP contribution in [0.15, 0.2) is 12.4 Å². The molecule has 1 unspecified atom stereocenters. The van der Waals surface area contributed by atoms with E-state index >= 15 is 0 Å². The van der Waals surface area contributed by atoms with Gasteiger partial charge in [-0.15, -0.1) is 0 Å². The van der Waals surface area contributed by atoms with Gasteiger partial charge in [0.05, 0.1) is 6.10 Å². The third-order valence-electron chi connectivity index (χ3n) is 4.96. The minimum Gasteiger partial charge on any atom is -0.396 e. The lowest BCUT2D eigenvalue weighted by Crippen LogP contribution is -2.48. The lowest BCUT2D eigenvalue weighted by Gasteiger charge is -2.36. The zero-order chi connectivity index (χ0) is 16.9. The minimum absolute atomic E-state index is 0.250. The maximum atomic E-state index is 9.51. The summed E-state index contributed by atoms with van der Waals surface area (Å²) in [6.07, 6.45) is 3.56. The molecule has 7 heteroatoms. The molecular weight excluding hydrogens is 306 g/mol. The number of hydrogen-bond donors (Lipinski definition) is 2. The first-order valence-electron chi connectivity index (χ1n) is 8.99. The number of nitrogens with zero attached hydrogens (tertiary/aromatic N) is 5. The van der Waals surface area contributed by atoms with E-state index < -0.39 is 0 Å². The van der Waals surface area contributed by atoms with Gasteiger partial charge in [-0.05, 0) is 25.7 Å². The first kappa shape index (κ1) is 17.4. The Bertz CT molecular complexity index is 519. The van der Waals surface area contributed by atoms with Crippen molar-refractivity contribution in [2.24, 2.45) is 5.92 Å². The van der Waals surface area contributed by atoms with E-state index in [1.807, 2.05) is 6.92 Å². The van der Waals surface area contributed by atoms with E-state index in [4.69, 9.17) is 0 Å². The lowest BCUT2D eigenvalue weighted by atomic mass is 9.99. The number of piperidine rings is 1. The van der Waals surface area contributed by atoms with Crippen molar-refractivity contribution in [3.05, 3.63) is 12.4 Å². The summed E-state index contributed by atoms with van der Waals surface area (Å²) in [5.74, 6) is 2.29. The first-order chi connectivity index (χ1) is 11.7. The summed E-state index contributed by atoms with van der Waals surface area (Å²) in [6.45, 7) is 8.41. The van der Waals surface area contributed by atoms with Crippen molar-refractivity contribution < 1.29 is 10.2 Å². The normalized spacial score (nSPS) is 24.2. The van der Waals surface area contributed by atoms with Crippen LogP contribution in [-0.2, 0) is 0 Å². The van der Waals surface area contributed by atoms with Crippen LogP contribution >= 0.6 is 0 Å². The molecule has 7 nitrogen and oxygen atoms in total. The highest BCUT2D eigenvalue weighted by Gasteiger charge is 2.23. The van der Waals surface area contributed by atoms with Gasteiger partial charge in [0.25, 0.3) is 0 Å². The van der Waals surface area contributed by atoms with Gasteiger partial charge >= 0.3 is 0 Å². The molecule has 0 amide bonds. The van der Waals surface area contributed by atoms with Crippen molar-refractivity contribution in [1.29, 1.82) is 0 Å². The van der Waals surface area contributed by atoms with E-state index in [1.54, 1.807) is 6.33 Å². The van der Waals surface area contributed by atoms with Crippen LogP contribution in [0.3, 0.4) is 0 Å². The van der Waals surface area contributed by atoms with Crippen LogP contribution in [0.1, 0.15) is 19.8 Å². The molecule has 2 fully saturated rings. The van der Waals surface area contributed by atoms with E-state index in [2.05, 4.69) is 30.7 Å². The van der Waals surface area contributed by atoms with Gasteiger partial charge in [0.15, 0.2) is 0 Å². The van der Waals surface area contributed by atoms with Crippen molar-refractivity contribution in [3.63, 3.8) is 0 Å². The number of aliphatic hydroxyl groups is 2. The summed E-state index contributed by atoms with van der Waals surface area (Å²) >= 11 is 0. The highest BCUT2D eigenvalue weighted by atomic mass is 16.3. The van der Waals surface area contributed by atoms with Crippen LogP contribution in [0.4, 0.5) is 11.6 Å². The maximum absolute atomic E-state index is 9.51. The zero-order valence-corrected chi connectivity index (χ0v) is 14.5. The number of aliphatic hydroxyl groups excluding tert-OH is 2. The predicted octanol–water partition coefficient (Wildman–Crippen LogP) is 0.188. The molecule has 2 atom stereocenters. The van der Waals surface area contributed by atoms with Crippen LogP contribution in [0.25, 0.3) is 0 Å². The minimum atomic E-state index is -0.277. The molecule has 0 aromatic carbocycles. The molecular formula is C17H29N5O2. The largest absolute Gasteiger partial charge is 0.396 e. The van der Waals surface area contributed by atoms with Gasteiger partial charge in [-0.25, -0.2) is 9.97 Å². The van der Waals surface area contributed by atoms with E-state index in [-0.39, 0.29) is 12.7 Å². The third-order valence-corrected chi connectivity index (χ3v) is 4.96. The molecule has 1 aromatic heterocycles. The monoisotopic (exact) mass is 335 g/mol. The average molecular weight is 335 g/mol. The van der Waals surface area contributed by atoms with E-state index in [0.717, 1.165) is 70.3 Å². The second-order valence-electron chi connectivity index (χ2n) is 7.01. The average Bonchev–Trinajstić information content (AvgIpc) is 2.62. The SMILES string of the molecule is C[C@@H](O)CN1CCN(c2cc(N3CCCC(CO)C3)ncn2)CC1. The van der Waals surface area contributed by atoms with Crippen molar-refractivity contribution in [2.45, 2.75) is 25.9 Å². The van der Waals surface area contributed by atoms with Gasteiger partial charge in [-0.2, -0.15) is 0 Å². The Morgan fingerprint density at radius 1 is 1.12 bits per heavy atom. The Kier molecular flexibility index (Phi) is 5.86. The van der Waals surface area contributed by atoms with Crippen molar-refractivity contribution in [2.75, 3.05) is 62.2 Å². The fourth-order valence-electron chi connectivity index (χ4n) is 3.64. The molecule has 24 heavy (non-hydrogen) atoms. The molecule has 134 valence electrons. The van der Waals surface area contributed by atoms with Gasteiger partial charge in [0.1, 0.15) is 18.0 Å².